The molecule has 1 rings (SSSR count). The van der Waals surface area contributed by atoms with Gasteiger partial charge in [0.05, 0.1) is 0 Å². The largest absolute Gasteiger partial charge is 0.339 e. The van der Waals surface area contributed by atoms with Crippen LogP contribution in [0.1, 0.15) is 78.6 Å². The maximum atomic E-state index is 12.9. The highest BCUT2D eigenvalue weighted by atomic mass is 79.9. The van der Waals surface area contributed by atoms with Gasteiger partial charge in [0.1, 0.15) is 0 Å². The quantitative estimate of drug-likeness (QED) is 0.505. The predicted octanol–water partition coefficient (Wildman–Crippen LogP) is 5.40. The van der Waals surface area contributed by atoms with Gasteiger partial charge >= 0.3 is 0 Å². The molecule has 3 heteroatoms. The Morgan fingerprint density at radius 2 is 1.76 bits per heavy atom. The number of hydrogen-bond acceptors (Lipinski definition) is 1. The molecule has 0 bridgehead atoms. The summed E-state index contributed by atoms with van der Waals surface area (Å²) in [6.07, 6.45) is 10.9. The molecule has 2 nitrogen and oxygen atoms in total. The Hall–Kier alpha value is -0.0500. The fourth-order valence-corrected chi connectivity index (χ4v) is 4.10. The Bertz CT molecular complexity index is 283. The average molecular weight is 360 g/mol. The van der Waals surface area contributed by atoms with E-state index in [1.807, 2.05) is 0 Å². The summed E-state index contributed by atoms with van der Waals surface area (Å²) in [4.78, 5) is 15.0. The number of carbonyl (C=O) groups is 1. The molecule has 1 aliphatic carbocycles. The summed E-state index contributed by atoms with van der Waals surface area (Å²) in [5.41, 5.74) is 0. The maximum Gasteiger partial charge on any atom is 0.225 e. The van der Waals surface area contributed by atoms with E-state index in [1.54, 1.807) is 0 Å². The van der Waals surface area contributed by atoms with Crippen molar-refractivity contribution in [1.29, 1.82) is 0 Å². The lowest BCUT2D eigenvalue weighted by Crippen LogP contribution is -2.45. The van der Waals surface area contributed by atoms with Crippen LogP contribution in [0.4, 0.5) is 0 Å². The lowest BCUT2D eigenvalue weighted by atomic mass is 9.79. The lowest BCUT2D eigenvalue weighted by molar-refractivity contribution is -0.139. The maximum absolute atomic E-state index is 12.9. The molecule has 21 heavy (non-hydrogen) atoms. The highest BCUT2D eigenvalue weighted by molar-refractivity contribution is 9.09. The highest BCUT2D eigenvalue weighted by Crippen LogP contribution is 2.33. The lowest BCUT2D eigenvalue weighted by Gasteiger charge is -2.36. The molecular formula is C18H34BrNO. The zero-order valence-corrected chi connectivity index (χ0v) is 15.8. The van der Waals surface area contributed by atoms with E-state index in [4.69, 9.17) is 0 Å². The molecule has 1 fully saturated rings. The third-order valence-corrected chi connectivity index (χ3v) is 5.51. The van der Waals surface area contributed by atoms with Gasteiger partial charge in [-0.3, -0.25) is 4.79 Å². The number of unbranched alkanes of at least 4 members (excludes halogenated alkanes) is 1. The zero-order valence-electron chi connectivity index (χ0n) is 14.2. The fourth-order valence-electron chi connectivity index (χ4n) is 3.72. The van der Waals surface area contributed by atoms with Crippen LogP contribution < -0.4 is 0 Å². The Morgan fingerprint density at radius 3 is 2.24 bits per heavy atom. The molecular weight excluding hydrogens is 326 g/mol. The number of halogens is 1. The molecule has 124 valence electrons. The van der Waals surface area contributed by atoms with E-state index in [0.29, 0.717) is 17.9 Å². The Labute approximate surface area is 140 Å². The monoisotopic (exact) mass is 359 g/mol. The molecule has 1 aliphatic rings. The number of nitrogens with zero attached hydrogens (tertiary/aromatic N) is 1. The highest BCUT2D eigenvalue weighted by Gasteiger charge is 2.31. The molecule has 0 aromatic carbocycles. The predicted molar refractivity (Wildman–Crippen MR) is 94.9 cm³/mol. The van der Waals surface area contributed by atoms with Crippen molar-refractivity contribution in [1.82, 2.24) is 4.90 Å². The minimum Gasteiger partial charge on any atom is -0.339 e. The smallest absolute Gasteiger partial charge is 0.225 e. The molecule has 0 saturated heterocycles. The van der Waals surface area contributed by atoms with Crippen molar-refractivity contribution < 1.29 is 4.79 Å². The van der Waals surface area contributed by atoms with E-state index < -0.39 is 0 Å². The van der Waals surface area contributed by atoms with Gasteiger partial charge in [-0.05, 0) is 44.4 Å². The molecule has 0 heterocycles. The summed E-state index contributed by atoms with van der Waals surface area (Å²) < 4.78 is 0. The van der Waals surface area contributed by atoms with Crippen LogP contribution in [0, 0.1) is 11.8 Å². The number of amides is 1. The Kier molecular flexibility index (Phi) is 9.62. The van der Waals surface area contributed by atoms with Gasteiger partial charge in [0.2, 0.25) is 5.91 Å². The normalized spacial score (nSPS) is 22.5. The van der Waals surface area contributed by atoms with E-state index in [9.17, 15) is 4.79 Å². The molecule has 1 amide bonds. The second-order valence-electron chi connectivity index (χ2n) is 6.55. The molecule has 0 N–H and O–H groups in total. The van der Waals surface area contributed by atoms with Crippen molar-refractivity contribution in [2.75, 3.05) is 11.9 Å². The van der Waals surface area contributed by atoms with Gasteiger partial charge in [0.25, 0.3) is 0 Å². The molecule has 0 aromatic rings. The molecule has 0 aromatic heterocycles. The molecule has 1 saturated carbocycles. The van der Waals surface area contributed by atoms with Crippen LogP contribution in [0.5, 0.6) is 0 Å². The summed E-state index contributed by atoms with van der Waals surface area (Å²) >= 11 is 3.51. The van der Waals surface area contributed by atoms with Gasteiger partial charge in [-0.1, -0.05) is 56.0 Å². The van der Waals surface area contributed by atoms with Crippen molar-refractivity contribution in [2.45, 2.75) is 84.6 Å². The van der Waals surface area contributed by atoms with E-state index >= 15 is 0 Å². The van der Waals surface area contributed by atoms with E-state index in [-0.39, 0.29) is 0 Å². The van der Waals surface area contributed by atoms with Crippen LogP contribution in [0.25, 0.3) is 0 Å². The van der Waals surface area contributed by atoms with E-state index in [2.05, 4.69) is 41.6 Å². The average Bonchev–Trinajstić information content (AvgIpc) is 2.53. The minimum absolute atomic E-state index is 0.294. The third-order valence-electron chi connectivity index (χ3n) is 5.15. The van der Waals surface area contributed by atoms with Crippen LogP contribution in [0.15, 0.2) is 0 Å². The standard InChI is InChI=1S/C18H34BrNO/c1-4-7-8-15-9-11-16(12-10-15)18(21)20(14-13-19)17(5-2)6-3/h15-17H,4-14H2,1-3H3. The molecule has 0 unspecified atom stereocenters. The summed E-state index contributed by atoms with van der Waals surface area (Å²) in [7, 11) is 0. The molecule has 0 spiro atoms. The first-order chi connectivity index (χ1) is 10.2. The molecule has 0 radical (unpaired) electrons. The SMILES string of the molecule is CCCCC1CCC(C(=O)N(CCBr)C(CC)CC)CC1. The minimum atomic E-state index is 0.294. The van der Waals surface area contributed by atoms with Gasteiger partial charge < -0.3 is 4.90 Å². The Morgan fingerprint density at radius 1 is 1.14 bits per heavy atom. The van der Waals surface area contributed by atoms with Gasteiger partial charge in [-0.15, -0.1) is 0 Å². The number of carbonyl (C=O) groups excluding carboxylic acids is 1. The molecule has 0 atom stereocenters. The first kappa shape index (κ1) is 19.0. The topological polar surface area (TPSA) is 20.3 Å². The van der Waals surface area contributed by atoms with Crippen molar-refractivity contribution in [3.05, 3.63) is 0 Å². The van der Waals surface area contributed by atoms with Gasteiger partial charge in [-0.25, -0.2) is 0 Å². The van der Waals surface area contributed by atoms with Crippen LogP contribution >= 0.6 is 15.9 Å². The van der Waals surface area contributed by atoms with E-state index in [1.165, 1.54) is 32.1 Å². The first-order valence-corrected chi connectivity index (χ1v) is 10.2. The third kappa shape index (κ3) is 5.92. The Balaban J connectivity index is 2.53. The van der Waals surface area contributed by atoms with Crippen molar-refractivity contribution in [3.63, 3.8) is 0 Å². The second-order valence-corrected chi connectivity index (χ2v) is 7.34. The summed E-state index contributed by atoms with van der Waals surface area (Å²) in [5, 5.41) is 0.890. The number of rotatable bonds is 9. The van der Waals surface area contributed by atoms with Gasteiger partial charge in [0, 0.05) is 23.8 Å². The van der Waals surface area contributed by atoms with Crippen LogP contribution in [-0.4, -0.2) is 28.7 Å². The first-order valence-electron chi connectivity index (χ1n) is 9.04. The summed E-state index contributed by atoms with van der Waals surface area (Å²) in [6, 6.07) is 0.424. The van der Waals surface area contributed by atoms with Gasteiger partial charge in [-0.2, -0.15) is 0 Å². The fraction of sp³-hybridized carbons (Fsp3) is 0.944. The van der Waals surface area contributed by atoms with Crippen LogP contribution in [-0.2, 0) is 4.79 Å². The number of alkyl halides is 1. The van der Waals surface area contributed by atoms with Crippen molar-refractivity contribution >= 4 is 21.8 Å². The zero-order chi connectivity index (χ0) is 15.7. The van der Waals surface area contributed by atoms with E-state index in [0.717, 1.165) is 43.5 Å². The second kappa shape index (κ2) is 10.6. The van der Waals surface area contributed by atoms with Crippen LogP contribution in [0.3, 0.4) is 0 Å². The number of hydrogen-bond donors (Lipinski definition) is 0. The summed E-state index contributed by atoms with van der Waals surface area (Å²) in [6.45, 7) is 7.53. The van der Waals surface area contributed by atoms with Crippen LogP contribution in [0.2, 0.25) is 0 Å². The summed E-state index contributed by atoms with van der Waals surface area (Å²) in [5.74, 6) is 1.60. The van der Waals surface area contributed by atoms with Gasteiger partial charge in [0.15, 0.2) is 0 Å². The molecule has 0 aliphatic heterocycles. The van der Waals surface area contributed by atoms with Crippen molar-refractivity contribution in [3.8, 4) is 0 Å². The van der Waals surface area contributed by atoms with Crippen molar-refractivity contribution in [2.24, 2.45) is 11.8 Å².